The molecule has 4 aliphatic carbocycles. The minimum Gasteiger partial charge on any atom is -0.396 e. The van der Waals surface area contributed by atoms with Crippen LogP contribution in [0.4, 0.5) is 0 Å². The molecule has 0 aliphatic heterocycles. The molecule has 0 saturated heterocycles. The van der Waals surface area contributed by atoms with Gasteiger partial charge in [0.05, 0.1) is 0 Å². The lowest BCUT2D eigenvalue weighted by Crippen LogP contribution is -2.39. The Labute approximate surface area is 150 Å². The molecule has 0 aromatic carbocycles. The van der Waals surface area contributed by atoms with Crippen molar-refractivity contribution in [3.63, 3.8) is 0 Å². The second-order valence-electron chi connectivity index (χ2n) is 10.3. The highest BCUT2D eigenvalue weighted by Gasteiger charge is 2.62. The van der Waals surface area contributed by atoms with E-state index in [1.807, 2.05) is 0 Å². The van der Waals surface area contributed by atoms with E-state index in [1.54, 1.807) is 19.3 Å². The normalized spacial score (nSPS) is 48.0. The van der Waals surface area contributed by atoms with Crippen LogP contribution >= 0.6 is 0 Å². The fraction of sp³-hybridized carbons (Fsp3) is 1.00. The van der Waals surface area contributed by atoms with Gasteiger partial charge in [-0.25, -0.2) is 0 Å². The molecule has 7 unspecified atom stereocenters. The number of hydrogen-bond donors (Lipinski definition) is 1. The first-order valence-corrected chi connectivity index (χ1v) is 11.3. The predicted octanol–water partition coefficient (Wildman–Crippen LogP) is 6.05. The van der Waals surface area contributed by atoms with Crippen molar-refractivity contribution in [3.8, 4) is 0 Å². The minimum absolute atomic E-state index is 0.398. The Bertz CT molecular complexity index is 430. The maximum Gasteiger partial charge on any atom is 0.0431 e. The third kappa shape index (κ3) is 2.97. The first-order chi connectivity index (χ1) is 11.7. The molecule has 138 valence electrons. The van der Waals surface area contributed by atoms with E-state index in [9.17, 15) is 5.11 Å². The Morgan fingerprint density at radius 1 is 0.958 bits per heavy atom. The Kier molecular flexibility index (Phi) is 5.02. The van der Waals surface area contributed by atoms with Crippen LogP contribution in [0.2, 0.25) is 0 Å². The summed E-state index contributed by atoms with van der Waals surface area (Å²) in [5.41, 5.74) is 0.754. The van der Waals surface area contributed by atoms with Gasteiger partial charge in [-0.3, -0.25) is 0 Å². The summed E-state index contributed by atoms with van der Waals surface area (Å²) >= 11 is 0. The van der Waals surface area contributed by atoms with Crippen LogP contribution in [0, 0.1) is 46.8 Å². The second-order valence-corrected chi connectivity index (χ2v) is 10.3. The van der Waals surface area contributed by atoms with E-state index in [2.05, 4.69) is 13.8 Å². The summed E-state index contributed by atoms with van der Waals surface area (Å²) in [7, 11) is 0. The van der Waals surface area contributed by atoms with E-state index in [0.717, 1.165) is 53.3 Å². The van der Waals surface area contributed by atoms with Gasteiger partial charge in [0.2, 0.25) is 0 Å². The summed E-state index contributed by atoms with van der Waals surface area (Å²) < 4.78 is 0. The van der Waals surface area contributed by atoms with E-state index in [4.69, 9.17) is 0 Å². The van der Waals surface area contributed by atoms with Gasteiger partial charge in [-0.1, -0.05) is 33.1 Å². The molecule has 0 heterocycles. The zero-order valence-corrected chi connectivity index (χ0v) is 16.2. The SMILES string of the molecule is CC(C)C1CCC23CC2CCC2CCCC2CCC3C1CCCO. The first kappa shape index (κ1) is 17.4. The van der Waals surface area contributed by atoms with E-state index in [0.29, 0.717) is 6.61 Å². The van der Waals surface area contributed by atoms with E-state index in [1.165, 1.54) is 51.4 Å². The molecule has 0 amide bonds. The maximum absolute atomic E-state index is 9.46. The fourth-order valence-corrected chi connectivity index (χ4v) is 7.86. The van der Waals surface area contributed by atoms with Gasteiger partial charge in [0.1, 0.15) is 0 Å². The number of aliphatic hydroxyl groups excluding tert-OH is 1. The van der Waals surface area contributed by atoms with Gasteiger partial charge < -0.3 is 5.11 Å². The van der Waals surface area contributed by atoms with E-state index in [-0.39, 0.29) is 0 Å². The van der Waals surface area contributed by atoms with Crippen LogP contribution in [0.1, 0.15) is 90.9 Å². The van der Waals surface area contributed by atoms with Crippen LogP contribution in [0.25, 0.3) is 0 Å². The molecule has 1 nitrogen and oxygen atoms in total. The monoisotopic (exact) mass is 332 g/mol. The summed E-state index contributed by atoms with van der Waals surface area (Å²) in [6, 6.07) is 0. The smallest absolute Gasteiger partial charge is 0.0431 e. The van der Waals surface area contributed by atoms with E-state index < -0.39 is 0 Å². The molecule has 0 radical (unpaired) electrons. The zero-order valence-electron chi connectivity index (χ0n) is 16.2. The average molecular weight is 333 g/mol. The van der Waals surface area contributed by atoms with Crippen LogP contribution in [-0.4, -0.2) is 11.7 Å². The van der Waals surface area contributed by atoms with Gasteiger partial charge in [-0.15, -0.1) is 0 Å². The summed E-state index contributed by atoms with van der Waals surface area (Å²) in [6.45, 7) is 5.32. The third-order valence-electron chi connectivity index (χ3n) is 9.13. The molecule has 4 fully saturated rings. The quantitative estimate of drug-likeness (QED) is 0.664. The molecule has 7 atom stereocenters. The van der Waals surface area contributed by atoms with Crippen LogP contribution < -0.4 is 0 Å². The number of fused-ring (bicyclic) bond motifs is 1. The molecule has 4 rings (SSSR count). The highest BCUT2D eigenvalue weighted by Crippen LogP contribution is 2.70. The lowest BCUT2D eigenvalue weighted by molar-refractivity contribution is 0.0206. The van der Waals surface area contributed by atoms with Crippen molar-refractivity contribution >= 4 is 0 Å². The van der Waals surface area contributed by atoms with Gasteiger partial charge in [0.15, 0.2) is 0 Å². The topological polar surface area (TPSA) is 20.2 Å². The third-order valence-corrected chi connectivity index (χ3v) is 9.13. The molecule has 1 spiro atoms. The molecular weight excluding hydrogens is 292 g/mol. The van der Waals surface area contributed by atoms with Crippen LogP contribution in [0.5, 0.6) is 0 Å². The van der Waals surface area contributed by atoms with Gasteiger partial charge in [0.25, 0.3) is 0 Å². The molecule has 4 saturated carbocycles. The fourth-order valence-electron chi connectivity index (χ4n) is 7.86. The van der Waals surface area contributed by atoms with Gasteiger partial charge in [-0.05, 0) is 105 Å². The first-order valence-electron chi connectivity index (χ1n) is 11.3. The maximum atomic E-state index is 9.46. The molecule has 0 bridgehead atoms. The number of aliphatic hydroxyl groups is 1. The highest BCUT2D eigenvalue weighted by molar-refractivity contribution is 5.11. The largest absolute Gasteiger partial charge is 0.396 e. The Morgan fingerprint density at radius 3 is 2.42 bits per heavy atom. The van der Waals surface area contributed by atoms with Crippen molar-refractivity contribution < 1.29 is 5.11 Å². The standard InChI is InChI=1S/C23H40O/c1-16(2)20-12-13-23-15-19(23)10-8-17-5-3-6-18(17)9-11-22(23)21(20)7-4-14-24/h16-22,24H,3-15H2,1-2H3. The van der Waals surface area contributed by atoms with Crippen molar-refractivity contribution in [2.75, 3.05) is 6.61 Å². The molecule has 0 aromatic heterocycles. The van der Waals surface area contributed by atoms with Crippen molar-refractivity contribution in [2.24, 2.45) is 46.8 Å². The average Bonchev–Trinajstić information content (AvgIpc) is 3.04. The second kappa shape index (κ2) is 6.93. The lowest BCUT2D eigenvalue weighted by atomic mass is 9.58. The van der Waals surface area contributed by atoms with Crippen LogP contribution in [-0.2, 0) is 0 Å². The molecular formula is C23H40O. The van der Waals surface area contributed by atoms with Crippen molar-refractivity contribution in [1.82, 2.24) is 0 Å². The lowest BCUT2D eigenvalue weighted by Gasteiger charge is -2.47. The summed E-state index contributed by atoms with van der Waals surface area (Å²) in [6.07, 6.45) is 17.7. The summed E-state index contributed by atoms with van der Waals surface area (Å²) in [5.74, 6) is 6.88. The number of hydrogen-bond acceptors (Lipinski definition) is 1. The summed E-state index contributed by atoms with van der Waals surface area (Å²) in [5, 5.41) is 9.46. The molecule has 1 heteroatoms. The van der Waals surface area contributed by atoms with E-state index >= 15 is 0 Å². The Morgan fingerprint density at radius 2 is 1.71 bits per heavy atom. The van der Waals surface area contributed by atoms with Crippen LogP contribution in [0.3, 0.4) is 0 Å². The zero-order chi connectivity index (χ0) is 16.7. The minimum atomic E-state index is 0.398. The molecule has 1 N–H and O–H groups in total. The van der Waals surface area contributed by atoms with Gasteiger partial charge in [-0.2, -0.15) is 0 Å². The Hall–Kier alpha value is -0.0400. The molecule has 4 aliphatic rings. The Balaban J connectivity index is 1.56. The highest BCUT2D eigenvalue weighted by atomic mass is 16.2. The molecule has 24 heavy (non-hydrogen) atoms. The molecule has 0 aromatic rings. The van der Waals surface area contributed by atoms with Crippen LogP contribution in [0.15, 0.2) is 0 Å². The predicted molar refractivity (Wildman–Crippen MR) is 101 cm³/mol. The van der Waals surface area contributed by atoms with Gasteiger partial charge in [0, 0.05) is 6.61 Å². The number of rotatable bonds is 4. The van der Waals surface area contributed by atoms with Crippen molar-refractivity contribution in [1.29, 1.82) is 0 Å². The van der Waals surface area contributed by atoms with Gasteiger partial charge >= 0.3 is 0 Å². The summed E-state index contributed by atoms with van der Waals surface area (Å²) in [4.78, 5) is 0. The van der Waals surface area contributed by atoms with Crippen molar-refractivity contribution in [2.45, 2.75) is 90.9 Å². The van der Waals surface area contributed by atoms with Crippen molar-refractivity contribution in [3.05, 3.63) is 0 Å².